The molecule has 2 aromatic carbocycles. The fraction of sp³-hybridized carbons (Fsp3) is 0.0714. The molecule has 0 fully saturated rings. The molecular formula is C14H12N2O2S. The average Bonchev–Trinajstić information content (AvgIpc) is 2.77. The third-order valence-electron chi connectivity index (χ3n) is 3.02. The normalized spacial score (nSPS) is 12.7. The molecule has 0 aliphatic carbocycles. The topological polar surface area (TPSA) is 54.9 Å². The van der Waals surface area contributed by atoms with Crippen LogP contribution in [0.2, 0.25) is 0 Å². The highest BCUT2D eigenvalue weighted by atomic mass is 32.2. The fourth-order valence-corrected chi connectivity index (χ4v) is 2.55. The van der Waals surface area contributed by atoms with Gasteiger partial charge in [0.15, 0.2) is 0 Å². The Morgan fingerprint density at radius 3 is 2.37 bits per heavy atom. The zero-order valence-corrected chi connectivity index (χ0v) is 11.1. The fourth-order valence-electron chi connectivity index (χ4n) is 2.03. The van der Waals surface area contributed by atoms with E-state index in [9.17, 15) is 9.00 Å². The number of aromatic nitrogens is 2. The van der Waals surface area contributed by atoms with Gasteiger partial charge in [0.25, 0.3) is 5.56 Å². The summed E-state index contributed by atoms with van der Waals surface area (Å²) in [6.07, 6.45) is 1.63. The lowest BCUT2D eigenvalue weighted by Gasteiger charge is -2.02. The minimum absolute atomic E-state index is 0.0824. The molecule has 3 rings (SSSR count). The van der Waals surface area contributed by atoms with Gasteiger partial charge in [0.2, 0.25) is 0 Å². The Bertz CT molecular complexity index is 815. The van der Waals surface area contributed by atoms with Crippen molar-refractivity contribution in [3.8, 4) is 5.69 Å². The minimum Gasteiger partial charge on any atom is -0.290 e. The number of H-pyrrole nitrogens is 1. The van der Waals surface area contributed by atoms with Gasteiger partial charge in [-0.3, -0.25) is 14.1 Å². The number of fused-ring (bicyclic) bond motifs is 1. The van der Waals surface area contributed by atoms with Crippen LogP contribution in [0.5, 0.6) is 0 Å². The smallest absolute Gasteiger partial charge is 0.279 e. The third kappa shape index (κ3) is 2.02. The molecule has 3 aromatic rings. The molecule has 0 spiro atoms. The van der Waals surface area contributed by atoms with E-state index < -0.39 is 10.8 Å². The summed E-state index contributed by atoms with van der Waals surface area (Å²) in [6, 6.07) is 14.5. The molecule has 1 aromatic heterocycles. The van der Waals surface area contributed by atoms with Crippen LogP contribution in [0, 0.1) is 0 Å². The van der Waals surface area contributed by atoms with Crippen molar-refractivity contribution in [2.45, 2.75) is 4.90 Å². The first-order valence-electron chi connectivity index (χ1n) is 5.80. The molecule has 4 nitrogen and oxygen atoms in total. The molecule has 5 heteroatoms. The highest BCUT2D eigenvalue weighted by molar-refractivity contribution is 7.84. The zero-order chi connectivity index (χ0) is 13.4. The second kappa shape index (κ2) is 4.51. The monoisotopic (exact) mass is 272 g/mol. The van der Waals surface area contributed by atoms with E-state index in [1.807, 2.05) is 18.2 Å². The first-order valence-corrected chi connectivity index (χ1v) is 7.36. The summed E-state index contributed by atoms with van der Waals surface area (Å²) in [7, 11) is -1.01. The quantitative estimate of drug-likeness (QED) is 0.776. The van der Waals surface area contributed by atoms with E-state index in [0.717, 1.165) is 16.1 Å². The van der Waals surface area contributed by atoms with Crippen LogP contribution >= 0.6 is 0 Å². The van der Waals surface area contributed by atoms with Gasteiger partial charge in [-0.1, -0.05) is 12.1 Å². The van der Waals surface area contributed by atoms with Gasteiger partial charge in [0, 0.05) is 22.0 Å². The van der Waals surface area contributed by atoms with Crippen molar-refractivity contribution in [2.75, 3.05) is 6.26 Å². The van der Waals surface area contributed by atoms with Crippen LogP contribution in [0.1, 0.15) is 0 Å². The number of para-hydroxylation sites is 1. The average molecular weight is 272 g/mol. The summed E-state index contributed by atoms with van der Waals surface area (Å²) in [5.41, 5.74) is 1.45. The van der Waals surface area contributed by atoms with Crippen molar-refractivity contribution >= 4 is 21.7 Å². The van der Waals surface area contributed by atoms with Crippen LogP contribution < -0.4 is 5.56 Å². The lowest BCUT2D eigenvalue weighted by Crippen LogP contribution is -2.14. The van der Waals surface area contributed by atoms with Crippen LogP contribution in [0.4, 0.5) is 0 Å². The van der Waals surface area contributed by atoms with Crippen molar-refractivity contribution in [1.29, 1.82) is 0 Å². The van der Waals surface area contributed by atoms with Crippen molar-refractivity contribution in [2.24, 2.45) is 0 Å². The second-order valence-electron chi connectivity index (χ2n) is 4.25. The summed E-state index contributed by atoms with van der Waals surface area (Å²) in [6.45, 7) is 0. The Labute approximate surface area is 112 Å². The SMILES string of the molecule is CS(=O)c1ccc(-n2[nH]c3ccccc3c2=O)cc1. The van der Waals surface area contributed by atoms with E-state index in [2.05, 4.69) is 5.10 Å². The Kier molecular flexibility index (Phi) is 2.83. The predicted molar refractivity (Wildman–Crippen MR) is 76.2 cm³/mol. The molecule has 0 bridgehead atoms. The van der Waals surface area contributed by atoms with Gasteiger partial charge in [-0.15, -0.1) is 0 Å². The number of nitrogens with zero attached hydrogens (tertiary/aromatic N) is 1. The number of benzene rings is 2. The molecule has 0 saturated carbocycles. The first-order chi connectivity index (χ1) is 9.16. The maximum absolute atomic E-state index is 12.2. The Hall–Kier alpha value is -2.14. The van der Waals surface area contributed by atoms with E-state index in [1.54, 1.807) is 36.6 Å². The number of hydrogen-bond acceptors (Lipinski definition) is 2. The van der Waals surface area contributed by atoms with Gasteiger partial charge in [-0.25, -0.2) is 4.68 Å². The van der Waals surface area contributed by atoms with Gasteiger partial charge in [0.1, 0.15) is 0 Å². The van der Waals surface area contributed by atoms with Crippen LogP contribution in [0.3, 0.4) is 0 Å². The maximum atomic E-state index is 12.2. The number of aromatic amines is 1. The van der Waals surface area contributed by atoms with Crippen LogP contribution in [-0.4, -0.2) is 20.2 Å². The minimum atomic E-state index is -1.01. The standard InChI is InChI=1S/C14H12N2O2S/c1-19(18)11-8-6-10(7-9-11)16-14(17)12-4-2-3-5-13(12)15-16/h2-9,15H,1H3. The second-order valence-corrected chi connectivity index (χ2v) is 5.63. The van der Waals surface area contributed by atoms with Crippen LogP contribution in [0.25, 0.3) is 16.6 Å². The Balaban J connectivity index is 2.16. The molecule has 0 aliphatic rings. The summed E-state index contributed by atoms with van der Waals surface area (Å²) in [5, 5.41) is 3.72. The molecule has 1 N–H and O–H groups in total. The van der Waals surface area contributed by atoms with Crippen molar-refractivity contribution < 1.29 is 4.21 Å². The van der Waals surface area contributed by atoms with Gasteiger partial charge < -0.3 is 0 Å². The van der Waals surface area contributed by atoms with Crippen LogP contribution in [0.15, 0.2) is 58.2 Å². The molecule has 96 valence electrons. The van der Waals surface area contributed by atoms with E-state index in [0.29, 0.717) is 5.39 Å². The molecular weight excluding hydrogens is 260 g/mol. The summed E-state index contributed by atoms with van der Waals surface area (Å²) >= 11 is 0. The lowest BCUT2D eigenvalue weighted by atomic mass is 10.2. The molecule has 1 heterocycles. The summed E-state index contributed by atoms with van der Waals surface area (Å²) < 4.78 is 12.8. The molecule has 0 aliphatic heterocycles. The molecule has 0 radical (unpaired) electrons. The maximum Gasteiger partial charge on any atom is 0.279 e. The summed E-state index contributed by atoms with van der Waals surface area (Å²) in [5.74, 6) is 0. The van der Waals surface area contributed by atoms with E-state index in [1.165, 1.54) is 4.68 Å². The van der Waals surface area contributed by atoms with Gasteiger partial charge in [-0.05, 0) is 36.4 Å². The third-order valence-corrected chi connectivity index (χ3v) is 3.96. The number of hydrogen-bond donors (Lipinski definition) is 1. The van der Waals surface area contributed by atoms with Crippen molar-refractivity contribution in [3.05, 3.63) is 58.9 Å². The van der Waals surface area contributed by atoms with Crippen molar-refractivity contribution in [1.82, 2.24) is 9.78 Å². The summed E-state index contributed by atoms with van der Waals surface area (Å²) in [4.78, 5) is 13.0. The molecule has 19 heavy (non-hydrogen) atoms. The van der Waals surface area contributed by atoms with Gasteiger partial charge >= 0.3 is 0 Å². The predicted octanol–water partition coefficient (Wildman–Crippen LogP) is 2.06. The van der Waals surface area contributed by atoms with Gasteiger partial charge in [-0.2, -0.15) is 0 Å². The van der Waals surface area contributed by atoms with Crippen molar-refractivity contribution in [3.63, 3.8) is 0 Å². The van der Waals surface area contributed by atoms with E-state index in [-0.39, 0.29) is 5.56 Å². The lowest BCUT2D eigenvalue weighted by molar-refractivity contribution is 0.686. The highest BCUT2D eigenvalue weighted by Crippen LogP contribution is 2.13. The highest BCUT2D eigenvalue weighted by Gasteiger charge is 2.07. The van der Waals surface area contributed by atoms with Crippen LogP contribution in [-0.2, 0) is 10.8 Å². The molecule has 1 atom stereocenters. The largest absolute Gasteiger partial charge is 0.290 e. The Morgan fingerprint density at radius 2 is 1.74 bits per heavy atom. The molecule has 0 amide bonds. The van der Waals surface area contributed by atoms with E-state index in [4.69, 9.17) is 0 Å². The Morgan fingerprint density at radius 1 is 1.05 bits per heavy atom. The number of nitrogens with one attached hydrogen (secondary N) is 1. The first kappa shape index (κ1) is 11.9. The van der Waals surface area contributed by atoms with Gasteiger partial charge in [0.05, 0.1) is 16.6 Å². The zero-order valence-electron chi connectivity index (χ0n) is 10.3. The molecule has 1 unspecified atom stereocenters. The van der Waals surface area contributed by atoms with E-state index >= 15 is 0 Å². The number of rotatable bonds is 2. The molecule has 0 saturated heterocycles.